The summed E-state index contributed by atoms with van der Waals surface area (Å²) in [5, 5.41) is -0.492. The molecule has 0 fully saturated rings. The van der Waals surface area contributed by atoms with Crippen molar-refractivity contribution in [2.24, 2.45) is 0 Å². The molecule has 0 aromatic heterocycles. The van der Waals surface area contributed by atoms with Gasteiger partial charge in [0.05, 0.1) is 10.6 Å². The van der Waals surface area contributed by atoms with Crippen molar-refractivity contribution in [3.8, 4) is 0 Å². The highest BCUT2D eigenvalue weighted by Crippen LogP contribution is 2.34. The van der Waals surface area contributed by atoms with E-state index in [1.165, 1.54) is 6.29 Å². The molecule has 0 amide bonds. The topological polar surface area (TPSA) is 17.1 Å². The van der Waals surface area contributed by atoms with Crippen LogP contribution in [0.1, 0.15) is 11.1 Å². The lowest BCUT2D eigenvalue weighted by molar-refractivity contribution is -0.137. The van der Waals surface area contributed by atoms with Crippen molar-refractivity contribution in [2.45, 2.75) is 6.18 Å². The maximum absolute atomic E-state index is 12.1. The van der Waals surface area contributed by atoms with Gasteiger partial charge >= 0.3 is 6.18 Å². The van der Waals surface area contributed by atoms with E-state index in [-0.39, 0.29) is 5.56 Å². The molecule has 1 rings (SSSR count). The summed E-state index contributed by atoms with van der Waals surface area (Å²) < 4.78 is 36.3. The molecule has 1 radical (unpaired) electrons. The zero-order valence-electron chi connectivity index (χ0n) is 6.15. The van der Waals surface area contributed by atoms with Crippen molar-refractivity contribution in [2.75, 3.05) is 0 Å². The SMILES string of the molecule is O=[C]c1ccc(C(F)(F)F)c(Cl)c1. The highest BCUT2D eigenvalue weighted by Gasteiger charge is 2.32. The fraction of sp³-hybridized carbons (Fsp3) is 0.125. The van der Waals surface area contributed by atoms with Gasteiger partial charge in [-0.25, -0.2) is 0 Å². The number of alkyl halides is 3. The number of halogens is 4. The molecule has 0 N–H and O–H groups in total. The average Bonchev–Trinajstić information content (AvgIpc) is 2.01. The average molecular weight is 208 g/mol. The minimum Gasteiger partial charge on any atom is -0.285 e. The molecule has 0 aliphatic rings. The Morgan fingerprint density at radius 3 is 2.31 bits per heavy atom. The van der Waals surface area contributed by atoms with Crippen molar-refractivity contribution in [1.82, 2.24) is 0 Å². The van der Waals surface area contributed by atoms with Crippen LogP contribution in [0, 0.1) is 0 Å². The van der Waals surface area contributed by atoms with Gasteiger partial charge in [0.2, 0.25) is 6.29 Å². The molecule has 0 saturated heterocycles. The summed E-state index contributed by atoms with van der Waals surface area (Å²) in [6.45, 7) is 0. The molecule has 0 heterocycles. The minimum atomic E-state index is -4.49. The van der Waals surface area contributed by atoms with E-state index in [0.29, 0.717) is 0 Å². The predicted molar refractivity (Wildman–Crippen MR) is 41.2 cm³/mol. The van der Waals surface area contributed by atoms with E-state index >= 15 is 0 Å². The standard InChI is InChI=1S/C8H3ClF3O/c9-7-3-5(4-13)1-2-6(7)8(10,11)12/h1-3H. The minimum absolute atomic E-state index is 0.00185. The van der Waals surface area contributed by atoms with E-state index < -0.39 is 16.8 Å². The van der Waals surface area contributed by atoms with E-state index in [1.54, 1.807) is 0 Å². The fourth-order valence-corrected chi connectivity index (χ4v) is 1.10. The Morgan fingerprint density at radius 1 is 1.31 bits per heavy atom. The third-order valence-electron chi connectivity index (χ3n) is 1.39. The zero-order chi connectivity index (χ0) is 10.1. The molecule has 0 aliphatic heterocycles. The van der Waals surface area contributed by atoms with Crippen LogP contribution >= 0.6 is 11.6 Å². The van der Waals surface area contributed by atoms with Crippen LogP contribution in [0.3, 0.4) is 0 Å². The summed E-state index contributed by atoms with van der Waals surface area (Å²) in [6.07, 6.45) is -3.04. The monoisotopic (exact) mass is 207 g/mol. The predicted octanol–water partition coefficient (Wildman–Crippen LogP) is 2.82. The molecule has 1 aromatic rings. The Morgan fingerprint density at radius 2 is 1.92 bits per heavy atom. The van der Waals surface area contributed by atoms with Crippen molar-refractivity contribution < 1.29 is 18.0 Å². The summed E-state index contributed by atoms with van der Waals surface area (Å²) in [4.78, 5) is 10.1. The smallest absolute Gasteiger partial charge is 0.285 e. The van der Waals surface area contributed by atoms with Gasteiger partial charge in [-0.1, -0.05) is 17.7 Å². The van der Waals surface area contributed by atoms with Crippen molar-refractivity contribution >= 4 is 17.9 Å². The first kappa shape index (κ1) is 10.1. The number of rotatable bonds is 1. The van der Waals surface area contributed by atoms with Crippen LogP contribution in [0.2, 0.25) is 5.02 Å². The Labute approximate surface area is 77.1 Å². The van der Waals surface area contributed by atoms with Crippen molar-refractivity contribution in [3.05, 3.63) is 34.3 Å². The van der Waals surface area contributed by atoms with Crippen LogP contribution in [0.15, 0.2) is 18.2 Å². The van der Waals surface area contributed by atoms with Crippen molar-refractivity contribution in [1.29, 1.82) is 0 Å². The molecule has 13 heavy (non-hydrogen) atoms. The molecule has 0 bridgehead atoms. The Bertz CT molecular complexity index is 333. The van der Waals surface area contributed by atoms with Gasteiger partial charge in [0, 0.05) is 5.56 Å². The second kappa shape index (κ2) is 3.38. The molecular weight excluding hydrogens is 205 g/mol. The van der Waals surface area contributed by atoms with Gasteiger partial charge in [-0.05, 0) is 12.1 Å². The third kappa shape index (κ3) is 2.21. The Balaban J connectivity index is 3.20. The molecular formula is C8H3ClF3O. The van der Waals surface area contributed by atoms with E-state index in [9.17, 15) is 18.0 Å². The number of hydrogen-bond donors (Lipinski definition) is 0. The van der Waals surface area contributed by atoms with E-state index in [2.05, 4.69) is 0 Å². The Kier molecular flexibility index (Phi) is 2.61. The van der Waals surface area contributed by atoms with Crippen LogP contribution in [-0.4, -0.2) is 6.29 Å². The molecule has 0 unspecified atom stereocenters. The molecule has 1 aromatic carbocycles. The first-order chi connectivity index (χ1) is 5.95. The highest BCUT2D eigenvalue weighted by molar-refractivity contribution is 6.31. The quantitative estimate of drug-likeness (QED) is 0.692. The number of hydrogen-bond acceptors (Lipinski definition) is 1. The zero-order valence-corrected chi connectivity index (χ0v) is 6.91. The first-order valence-electron chi connectivity index (χ1n) is 3.20. The van der Waals surface area contributed by atoms with Crippen molar-refractivity contribution in [3.63, 3.8) is 0 Å². The lowest BCUT2D eigenvalue weighted by atomic mass is 10.1. The first-order valence-corrected chi connectivity index (χ1v) is 3.58. The van der Waals surface area contributed by atoms with Crippen LogP contribution in [-0.2, 0) is 11.0 Å². The van der Waals surface area contributed by atoms with Gasteiger partial charge in [0.15, 0.2) is 0 Å². The molecule has 0 aliphatic carbocycles. The van der Waals surface area contributed by atoms with Gasteiger partial charge in [0.1, 0.15) is 0 Å². The van der Waals surface area contributed by atoms with Crippen LogP contribution in [0.25, 0.3) is 0 Å². The van der Waals surface area contributed by atoms with Gasteiger partial charge in [0.25, 0.3) is 0 Å². The molecule has 5 heteroatoms. The van der Waals surface area contributed by atoms with Crippen LogP contribution in [0.5, 0.6) is 0 Å². The third-order valence-corrected chi connectivity index (χ3v) is 1.71. The van der Waals surface area contributed by atoms with Gasteiger partial charge < -0.3 is 0 Å². The summed E-state index contributed by atoms with van der Waals surface area (Å²) in [6, 6.07) is 2.70. The van der Waals surface area contributed by atoms with E-state index in [1.807, 2.05) is 0 Å². The normalized spacial score (nSPS) is 11.4. The maximum Gasteiger partial charge on any atom is 0.417 e. The molecule has 69 valence electrons. The Hall–Kier alpha value is -1.03. The largest absolute Gasteiger partial charge is 0.417 e. The molecule has 0 saturated carbocycles. The van der Waals surface area contributed by atoms with Gasteiger partial charge in [-0.3, -0.25) is 4.79 Å². The highest BCUT2D eigenvalue weighted by atomic mass is 35.5. The van der Waals surface area contributed by atoms with E-state index in [0.717, 1.165) is 18.2 Å². The number of carbonyl (C=O) groups excluding carboxylic acids is 1. The van der Waals surface area contributed by atoms with Gasteiger partial charge in [-0.15, -0.1) is 0 Å². The lowest BCUT2D eigenvalue weighted by Gasteiger charge is -2.07. The van der Waals surface area contributed by atoms with E-state index in [4.69, 9.17) is 11.6 Å². The van der Waals surface area contributed by atoms with Gasteiger partial charge in [-0.2, -0.15) is 13.2 Å². The molecule has 1 nitrogen and oxygen atoms in total. The summed E-state index contributed by atoms with van der Waals surface area (Å²) >= 11 is 5.29. The van der Waals surface area contributed by atoms with Crippen LogP contribution < -0.4 is 0 Å². The summed E-state index contributed by atoms with van der Waals surface area (Å²) in [7, 11) is 0. The summed E-state index contributed by atoms with van der Waals surface area (Å²) in [5.74, 6) is 0. The second-order valence-corrected chi connectivity index (χ2v) is 2.70. The summed E-state index contributed by atoms with van der Waals surface area (Å²) in [5.41, 5.74) is -0.953. The molecule has 0 spiro atoms. The maximum atomic E-state index is 12.1. The number of benzene rings is 1. The fourth-order valence-electron chi connectivity index (χ4n) is 0.808. The molecule has 0 atom stereocenters. The second-order valence-electron chi connectivity index (χ2n) is 2.29. The van der Waals surface area contributed by atoms with Crippen LogP contribution in [0.4, 0.5) is 13.2 Å². The lowest BCUT2D eigenvalue weighted by Crippen LogP contribution is -2.05.